The van der Waals surface area contributed by atoms with Crippen molar-refractivity contribution in [3.05, 3.63) is 68.6 Å². The monoisotopic (exact) mass is 488 g/mol. The topological polar surface area (TPSA) is 113 Å². The van der Waals surface area contributed by atoms with Crippen LogP contribution in [0.1, 0.15) is 11.1 Å². The molecule has 0 saturated carbocycles. The van der Waals surface area contributed by atoms with Crippen LogP contribution in [0.2, 0.25) is 0 Å². The molecule has 0 amide bonds. The zero-order chi connectivity index (χ0) is 19.1. The minimum absolute atomic E-state index is 0.0488. The fourth-order valence-corrected chi connectivity index (χ4v) is 2.45. The Morgan fingerprint density at radius 3 is 1.52 bits per heavy atom. The van der Waals surface area contributed by atoms with E-state index in [9.17, 15) is 0 Å². The summed E-state index contributed by atoms with van der Waals surface area (Å²) in [6.45, 7) is 0. The van der Waals surface area contributed by atoms with E-state index < -0.39 is 0 Å². The number of nitrogen functional groups attached to an aromatic ring is 1. The molecule has 3 rings (SSSR count). The third-order valence-corrected chi connectivity index (χ3v) is 4.21. The van der Waals surface area contributed by atoms with E-state index in [-0.39, 0.29) is 17.8 Å². The first-order chi connectivity index (χ1) is 13.1. The van der Waals surface area contributed by atoms with E-state index in [1.54, 1.807) is 12.4 Å². The van der Waals surface area contributed by atoms with E-state index in [2.05, 4.69) is 67.9 Å². The van der Waals surface area contributed by atoms with Gasteiger partial charge in [-0.25, -0.2) is 10.9 Å². The molecule has 0 aliphatic carbocycles. The maximum atomic E-state index is 5.70. The van der Waals surface area contributed by atoms with Crippen molar-refractivity contribution in [3.8, 4) is 0 Å². The summed E-state index contributed by atoms with van der Waals surface area (Å²) in [7, 11) is 0. The number of hydrazone groups is 2. The Kier molecular flexibility index (Phi) is 6.44. The van der Waals surface area contributed by atoms with Gasteiger partial charge in [0.25, 0.3) is 0 Å². The molecule has 8 nitrogen and oxygen atoms in total. The highest BCUT2D eigenvalue weighted by atomic mass is 79.9. The molecule has 0 aliphatic rings. The molecule has 0 atom stereocenters. The highest BCUT2D eigenvalue weighted by Gasteiger charge is 2.02. The van der Waals surface area contributed by atoms with Crippen molar-refractivity contribution in [2.45, 2.75) is 0 Å². The van der Waals surface area contributed by atoms with Crippen molar-refractivity contribution in [2.75, 3.05) is 16.6 Å². The first-order valence-electron chi connectivity index (χ1n) is 7.69. The Balaban J connectivity index is 1.63. The van der Waals surface area contributed by atoms with Gasteiger partial charge in [0.2, 0.25) is 17.8 Å². The zero-order valence-corrected chi connectivity index (χ0v) is 17.0. The van der Waals surface area contributed by atoms with Gasteiger partial charge in [-0.05, 0) is 35.4 Å². The maximum absolute atomic E-state index is 5.70. The molecule has 2 aromatic carbocycles. The van der Waals surface area contributed by atoms with Crippen LogP contribution < -0.4 is 16.6 Å². The van der Waals surface area contributed by atoms with Crippen molar-refractivity contribution in [2.24, 2.45) is 10.2 Å². The van der Waals surface area contributed by atoms with Gasteiger partial charge in [-0.15, -0.1) is 0 Å². The molecule has 3 aromatic rings. The number of hydrogen-bond donors (Lipinski definition) is 3. The third-order valence-electron chi connectivity index (χ3n) is 3.15. The molecule has 1 heterocycles. The van der Waals surface area contributed by atoms with Crippen molar-refractivity contribution in [1.82, 2.24) is 15.0 Å². The van der Waals surface area contributed by atoms with E-state index in [4.69, 9.17) is 5.73 Å². The van der Waals surface area contributed by atoms with Gasteiger partial charge in [-0.1, -0.05) is 56.1 Å². The number of benzene rings is 2. The van der Waals surface area contributed by atoms with Crippen LogP contribution in [0.4, 0.5) is 17.8 Å². The number of nitrogens with two attached hydrogens (primary N) is 1. The first-order valence-corrected chi connectivity index (χ1v) is 9.28. The van der Waals surface area contributed by atoms with Crippen molar-refractivity contribution in [3.63, 3.8) is 0 Å². The summed E-state index contributed by atoms with van der Waals surface area (Å²) in [5, 5.41) is 8.18. The second-order valence-electron chi connectivity index (χ2n) is 5.18. The van der Waals surface area contributed by atoms with Crippen molar-refractivity contribution >= 4 is 62.1 Å². The Morgan fingerprint density at radius 2 is 1.11 bits per heavy atom. The highest BCUT2D eigenvalue weighted by Crippen LogP contribution is 2.11. The molecule has 0 unspecified atom stereocenters. The van der Waals surface area contributed by atoms with Gasteiger partial charge in [0.1, 0.15) is 0 Å². The lowest BCUT2D eigenvalue weighted by Gasteiger charge is -2.03. The molecule has 136 valence electrons. The fourth-order valence-electron chi connectivity index (χ4n) is 1.92. The number of nitrogens with zero attached hydrogens (tertiary/aromatic N) is 5. The molecule has 10 heteroatoms. The van der Waals surface area contributed by atoms with Crippen molar-refractivity contribution < 1.29 is 0 Å². The number of halogens is 2. The summed E-state index contributed by atoms with van der Waals surface area (Å²) in [5.41, 5.74) is 13.0. The Hall–Kier alpha value is -2.85. The Labute approximate surface area is 172 Å². The summed E-state index contributed by atoms with van der Waals surface area (Å²) < 4.78 is 1.99. The second kappa shape index (κ2) is 9.19. The standard InChI is InChI=1S/C17H14Br2N8/c18-13-5-1-11(2-6-13)9-21-26-16-23-15(20)24-17(25-16)27-22-10-12-3-7-14(19)8-4-12/h1-10H,(H4,20,23,24,25,26,27)/b21-9+,22-10+. The summed E-state index contributed by atoms with van der Waals surface area (Å²) in [6, 6.07) is 15.4. The second-order valence-corrected chi connectivity index (χ2v) is 7.02. The van der Waals surface area contributed by atoms with Crippen molar-refractivity contribution in [1.29, 1.82) is 0 Å². The molecule has 0 saturated heterocycles. The van der Waals surface area contributed by atoms with Gasteiger partial charge < -0.3 is 5.73 Å². The van der Waals surface area contributed by atoms with Crippen LogP contribution in [-0.4, -0.2) is 27.4 Å². The van der Waals surface area contributed by atoms with Gasteiger partial charge in [0.05, 0.1) is 12.4 Å². The average molecular weight is 490 g/mol. The molecule has 0 radical (unpaired) electrons. The van der Waals surface area contributed by atoms with Gasteiger partial charge in [-0.3, -0.25) is 0 Å². The van der Waals surface area contributed by atoms with E-state index in [0.29, 0.717) is 0 Å². The number of aromatic nitrogens is 3. The molecular weight excluding hydrogens is 476 g/mol. The lowest BCUT2D eigenvalue weighted by Crippen LogP contribution is -2.06. The van der Waals surface area contributed by atoms with Crippen LogP contribution in [0.25, 0.3) is 0 Å². The highest BCUT2D eigenvalue weighted by molar-refractivity contribution is 9.10. The molecule has 0 bridgehead atoms. The van der Waals surface area contributed by atoms with Crippen LogP contribution in [0.3, 0.4) is 0 Å². The number of anilines is 3. The average Bonchev–Trinajstić information content (AvgIpc) is 2.65. The largest absolute Gasteiger partial charge is 0.368 e. The van der Waals surface area contributed by atoms with Crippen LogP contribution in [0.15, 0.2) is 67.7 Å². The third kappa shape index (κ3) is 6.12. The summed E-state index contributed by atoms with van der Waals surface area (Å²) in [4.78, 5) is 12.1. The molecule has 1 aromatic heterocycles. The zero-order valence-electron chi connectivity index (χ0n) is 13.8. The Bertz CT molecular complexity index is 880. The molecule has 0 aliphatic heterocycles. The summed E-state index contributed by atoms with van der Waals surface area (Å²) in [5.74, 6) is 0.460. The van der Waals surface area contributed by atoms with Gasteiger partial charge in [0.15, 0.2) is 0 Å². The predicted octanol–water partition coefficient (Wildman–Crippen LogP) is 3.87. The molecule has 0 spiro atoms. The first kappa shape index (κ1) is 18.9. The van der Waals surface area contributed by atoms with E-state index in [1.165, 1.54) is 0 Å². The van der Waals surface area contributed by atoms with Crippen LogP contribution in [0, 0.1) is 0 Å². The summed E-state index contributed by atoms with van der Waals surface area (Å²) in [6.07, 6.45) is 3.29. The van der Waals surface area contributed by atoms with Gasteiger partial charge in [-0.2, -0.15) is 25.2 Å². The Morgan fingerprint density at radius 1 is 0.704 bits per heavy atom. The number of rotatable bonds is 6. The molecule has 0 fully saturated rings. The van der Waals surface area contributed by atoms with Gasteiger partial charge >= 0.3 is 0 Å². The van der Waals surface area contributed by atoms with E-state index in [0.717, 1.165) is 20.1 Å². The predicted molar refractivity (Wildman–Crippen MR) is 115 cm³/mol. The molecule has 27 heavy (non-hydrogen) atoms. The van der Waals surface area contributed by atoms with Crippen LogP contribution >= 0.6 is 31.9 Å². The quantitative estimate of drug-likeness (QED) is 0.357. The molecular formula is C17H14Br2N8. The number of nitrogens with one attached hydrogen (secondary N) is 2. The minimum atomic E-state index is 0.0488. The SMILES string of the molecule is Nc1nc(N/N=C/c2ccc(Br)cc2)nc(N/N=C/c2ccc(Br)cc2)n1. The van der Waals surface area contributed by atoms with Crippen LogP contribution in [0.5, 0.6) is 0 Å². The van der Waals surface area contributed by atoms with Gasteiger partial charge in [0, 0.05) is 8.95 Å². The minimum Gasteiger partial charge on any atom is -0.368 e. The molecule has 4 N–H and O–H groups in total. The van der Waals surface area contributed by atoms with E-state index in [1.807, 2.05) is 48.5 Å². The number of hydrogen-bond acceptors (Lipinski definition) is 8. The lowest BCUT2D eigenvalue weighted by atomic mass is 10.2. The lowest BCUT2D eigenvalue weighted by molar-refractivity contribution is 1.03. The smallest absolute Gasteiger partial charge is 0.250 e. The maximum Gasteiger partial charge on any atom is 0.250 e. The van der Waals surface area contributed by atoms with E-state index >= 15 is 0 Å². The summed E-state index contributed by atoms with van der Waals surface area (Å²) >= 11 is 6.77. The fraction of sp³-hybridized carbons (Fsp3) is 0. The normalized spacial score (nSPS) is 11.2. The van der Waals surface area contributed by atoms with Crippen LogP contribution in [-0.2, 0) is 0 Å².